The third-order valence-electron chi connectivity index (χ3n) is 5.91. The van der Waals surface area contributed by atoms with Crippen molar-refractivity contribution in [2.75, 3.05) is 20.3 Å². The monoisotopic (exact) mass is 450 g/mol. The van der Waals surface area contributed by atoms with E-state index in [1.54, 1.807) is 28.7 Å². The Bertz CT molecular complexity index is 1240. The maximum Gasteiger partial charge on any atom is 0.264 e. The average Bonchev–Trinajstić information content (AvgIpc) is 2.97. The second-order valence-corrected chi connectivity index (χ2v) is 9.06. The number of nitrogens with zero attached hydrogens (tertiary/aromatic N) is 4. The number of fused-ring (bicyclic) bond motifs is 2. The highest BCUT2D eigenvalue weighted by molar-refractivity contribution is 7.20. The molecule has 1 aromatic carbocycles. The van der Waals surface area contributed by atoms with Crippen molar-refractivity contribution in [2.24, 2.45) is 0 Å². The Labute approximate surface area is 190 Å². The molecular formula is C24H26N4O3S. The van der Waals surface area contributed by atoms with Crippen LogP contribution in [0.2, 0.25) is 0 Å². The van der Waals surface area contributed by atoms with Gasteiger partial charge in [-0.1, -0.05) is 18.6 Å². The van der Waals surface area contributed by atoms with Crippen LogP contribution >= 0.6 is 11.3 Å². The summed E-state index contributed by atoms with van der Waals surface area (Å²) in [6.07, 6.45) is 3.90. The van der Waals surface area contributed by atoms with E-state index < -0.39 is 0 Å². The topological polar surface area (TPSA) is 88.2 Å². The van der Waals surface area contributed by atoms with Gasteiger partial charge in [-0.05, 0) is 43.0 Å². The molecule has 0 aliphatic carbocycles. The molecular weight excluding hydrogens is 424 g/mol. The molecule has 4 rings (SSSR count). The van der Waals surface area contributed by atoms with Crippen molar-refractivity contribution in [3.05, 3.63) is 62.0 Å². The molecule has 0 radical (unpaired) electrons. The molecule has 0 saturated heterocycles. The predicted molar refractivity (Wildman–Crippen MR) is 124 cm³/mol. The molecule has 0 atom stereocenters. The second-order valence-electron chi connectivity index (χ2n) is 8.06. The summed E-state index contributed by atoms with van der Waals surface area (Å²) >= 11 is 1.30. The van der Waals surface area contributed by atoms with E-state index in [-0.39, 0.29) is 11.5 Å². The van der Waals surface area contributed by atoms with Gasteiger partial charge in [0.15, 0.2) is 0 Å². The first-order valence-corrected chi connectivity index (χ1v) is 11.6. The molecule has 166 valence electrons. The molecule has 0 saturated carbocycles. The van der Waals surface area contributed by atoms with Crippen molar-refractivity contribution >= 4 is 27.5 Å². The standard InChI is InChI=1S/C24H26N4O3S/c1-16-20-22(26-19-6-4-3-5-11-28(19)23(20)29)32-21(16)24(30)27(12-13-31-2)15-18-9-7-17(14-25)8-10-18/h7-10H,3-6,11-13,15H2,1-2H3. The molecule has 0 bridgehead atoms. The van der Waals surface area contributed by atoms with Crippen molar-refractivity contribution in [2.45, 2.75) is 45.7 Å². The second kappa shape index (κ2) is 9.63. The quantitative estimate of drug-likeness (QED) is 0.572. The van der Waals surface area contributed by atoms with E-state index in [0.717, 1.165) is 37.1 Å². The third kappa shape index (κ3) is 4.31. The van der Waals surface area contributed by atoms with Gasteiger partial charge >= 0.3 is 0 Å². The Balaban J connectivity index is 1.70. The first-order valence-electron chi connectivity index (χ1n) is 10.8. The van der Waals surface area contributed by atoms with E-state index in [0.29, 0.717) is 52.5 Å². The average molecular weight is 451 g/mol. The lowest BCUT2D eigenvalue weighted by Crippen LogP contribution is -2.33. The number of rotatable bonds is 6. The number of thiophene rings is 1. The van der Waals surface area contributed by atoms with Crippen LogP contribution in [0.5, 0.6) is 0 Å². The largest absolute Gasteiger partial charge is 0.383 e. The molecule has 7 nitrogen and oxygen atoms in total. The fourth-order valence-corrected chi connectivity index (χ4v) is 5.27. The highest BCUT2D eigenvalue weighted by atomic mass is 32.1. The molecule has 8 heteroatoms. The number of ether oxygens (including phenoxy) is 1. The SMILES string of the molecule is COCCN(Cc1ccc(C#N)cc1)C(=O)c1sc2nc3n(c(=O)c2c1C)CCCCC3. The number of benzene rings is 1. The number of hydrogen-bond acceptors (Lipinski definition) is 6. The maximum absolute atomic E-state index is 13.5. The fraction of sp³-hybridized carbons (Fsp3) is 0.417. The molecule has 0 fully saturated rings. The van der Waals surface area contributed by atoms with E-state index >= 15 is 0 Å². The number of aromatic nitrogens is 2. The van der Waals surface area contributed by atoms with Crippen molar-refractivity contribution in [1.82, 2.24) is 14.5 Å². The molecule has 3 aromatic rings. The van der Waals surface area contributed by atoms with Crippen LogP contribution in [-0.4, -0.2) is 40.6 Å². The highest BCUT2D eigenvalue weighted by Crippen LogP contribution is 2.30. The van der Waals surface area contributed by atoms with Crippen molar-refractivity contribution in [1.29, 1.82) is 5.26 Å². The Kier molecular flexibility index (Phi) is 6.68. The van der Waals surface area contributed by atoms with Crippen LogP contribution in [0.3, 0.4) is 0 Å². The maximum atomic E-state index is 13.5. The van der Waals surface area contributed by atoms with Crippen LogP contribution in [0.25, 0.3) is 10.2 Å². The number of nitriles is 1. The summed E-state index contributed by atoms with van der Waals surface area (Å²) in [6, 6.07) is 9.31. The third-order valence-corrected chi connectivity index (χ3v) is 7.09. The number of amides is 1. The summed E-state index contributed by atoms with van der Waals surface area (Å²) in [5, 5.41) is 9.58. The summed E-state index contributed by atoms with van der Waals surface area (Å²) < 4.78 is 7.02. The van der Waals surface area contributed by atoms with Gasteiger partial charge in [-0.15, -0.1) is 11.3 Å². The fourth-order valence-electron chi connectivity index (χ4n) is 4.12. The predicted octanol–water partition coefficient (Wildman–Crippen LogP) is 3.65. The molecule has 0 unspecified atom stereocenters. The zero-order valence-corrected chi connectivity index (χ0v) is 19.2. The summed E-state index contributed by atoms with van der Waals surface area (Å²) in [5.74, 6) is 0.695. The van der Waals surface area contributed by atoms with E-state index in [9.17, 15) is 9.59 Å². The number of aryl methyl sites for hydroxylation is 2. The molecule has 3 heterocycles. The van der Waals surface area contributed by atoms with Gasteiger partial charge in [-0.3, -0.25) is 14.2 Å². The first-order chi connectivity index (χ1) is 15.5. The zero-order chi connectivity index (χ0) is 22.7. The number of hydrogen-bond donors (Lipinski definition) is 0. The highest BCUT2D eigenvalue weighted by Gasteiger charge is 2.25. The van der Waals surface area contributed by atoms with Gasteiger partial charge in [0, 0.05) is 33.2 Å². The van der Waals surface area contributed by atoms with Gasteiger partial charge in [0.25, 0.3) is 11.5 Å². The number of methoxy groups -OCH3 is 1. The first kappa shape index (κ1) is 22.2. The minimum absolute atomic E-state index is 0.0322. The van der Waals surface area contributed by atoms with Crippen LogP contribution in [-0.2, 0) is 24.2 Å². The number of carbonyl (C=O) groups excluding carboxylic acids is 1. The summed E-state index contributed by atoms with van der Waals surface area (Å²) in [6.45, 7) is 3.75. The van der Waals surface area contributed by atoms with Crippen molar-refractivity contribution < 1.29 is 9.53 Å². The minimum Gasteiger partial charge on any atom is -0.383 e. The van der Waals surface area contributed by atoms with Gasteiger partial charge < -0.3 is 9.64 Å². The van der Waals surface area contributed by atoms with E-state index in [4.69, 9.17) is 15.0 Å². The Morgan fingerprint density at radius 3 is 2.78 bits per heavy atom. The lowest BCUT2D eigenvalue weighted by Gasteiger charge is -2.22. The van der Waals surface area contributed by atoms with E-state index in [1.165, 1.54) is 11.3 Å². The lowest BCUT2D eigenvalue weighted by atomic mass is 10.1. The lowest BCUT2D eigenvalue weighted by molar-refractivity contribution is 0.0684. The Morgan fingerprint density at radius 1 is 1.28 bits per heavy atom. The minimum atomic E-state index is -0.133. The Morgan fingerprint density at radius 2 is 2.06 bits per heavy atom. The van der Waals surface area contributed by atoms with Crippen molar-refractivity contribution in [3.8, 4) is 6.07 Å². The molecule has 0 N–H and O–H groups in total. The molecule has 1 aliphatic rings. The van der Waals surface area contributed by atoms with E-state index in [2.05, 4.69) is 6.07 Å². The summed E-state index contributed by atoms with van der Waals surface area (Å²) in [4.78, 5) is 34.5. The normalized spacial score (nSPS) is 13.4. The van der Waals surface area contributed by atoms with Crippen LogP contribution < -0.4 is 5.56 Å². The Hall–Kier alpha value is -3.02. The van der Waals surface area contributed by atoms with Crippen molar-refractivity contribution in [3.63, 3.8) is 0 Å². The number of carbonyl (C=O) groups is 1. The molecule has 32 heavy (non-hydrogen) atoms. The van der Waals surface area contributed by atoms with Crippen LogP contribution in [0.4, 0.5) is 0 Å². The van der Waals surface area contributed by atoms with Crippen LogP contribution in [0, 0.1) is 18.3 Å². The molecule has 1 aliphatic heterocycles. The van der Waals surface area contributed by atoms with Crippen LogP contribution in [0.15, 0.2) is 29.1 Å². The van der Waals surface area contributed by atoms with Gasteiger partial charge in [0.1, 0.15) is 10.7 Å². The van der Waals surface area contributed by atoms with Gasteiger partial charge in [0.05, 0.1) is 28.5 Å². The molecule has 1 amide bonds. The smallest absolute Gasteiger partial charge is 0.264 e. The van der Waals surface area contributed by atoms with E-state index in [1.807, 2.05) is 19.1 Å². The van der Waals surface area contributed by atoms with Gasteiger partial charge in [-0.25, -0.2) is 4.98 Å². The zero-order valence-electron chi connectivity index (χ0n) is 18.4. The van der Waals surface area contributed by atoms with Gasteiger partial charge in [0.2, 0.25) is 0 Å². The summed E-state index contributed by atoms with van der Waals surface area (Å²) in [5.41, 5.74) is 2.18. The van der Waals surface area contributed by atoms with Gasteiger partial charge in [-0.2, -0.15) is 5.26 Å². The molecule has 0 spiro atoms. The summed E-state index contributed by atoms with van der Waals surface area (Å²) in [7, 11) is 1.60. The molecule has 2 aromatic heterocycles. The van der Waals surface area contributed by atoms with Crippen LogP contribution in [0.1, 0.15) is 51.4 Å².